The van der Waals surface area contributed by atoms with Crippen molar-refractivity contribution in [1.82, 2.24) is 0 Å². The van der Waals surface area contributed by atoms with Crippen molar-refractivity contribution < 1.29 is 18.9 Å². The van der Waals surface area contributed by atoms with Crippen molar-refractivity contribution in [3.63, 3.8) is 0 Å². The molecule has 0 heterocycles. The molecule has 3 aromatic rings. The van der Waals surface area contributed by atoms with Gasteiger partial charge in [-0.3, -0.25) is 0 Å². The van der Waals surface area contributed by atoms with Crippen LogP contribution in [0.3, 0.4) is 0 Å². The van der Waals surface area contributed by atoms with E-state index in [9.17, 15) is 0 Å². The molecule has 0 atom stereocenters. The van der Waals surface area contributed by atoms with Crippen LogP contribution in [-0.4, -0.2) is 0 Å². The second kappa shape index (κ2) is 4.66. The van der Waals surface area contributed by atoms with Gasteiger partial charge in [-0.25, -0.2) is 0 Å². The first-order chi connectivity index (χ1) is 7.45. The summed E-state index contributed by atoms with van der Waals surface area (Å²) in [6.07, 6.45) is 0. The molecule has 0 saturated carbocycles. The molecular weight excluding hydrogens is 187 g/mol. The first-order valence-corrected chi connectivity index (χ1v) is 5.15. The topological polar surface area (TPSA) is 0 Å². The minimum absolute atomic E-state index is 0. The predicted molar refractivity (Wildman–Crippen MR) is 65.0 cm³/mol. The van der Waals surface area contributed by atoms with Crippen LogP contribution >= 0.6 is 0 Å². The van der Waals surface area contributed by atoms with Crippen LogP contribution in [0.5, 0.6) is 0 Å². The maximum atomic E-state index is 2.18. The summed E-state index contributed by atoms with van der Waals surface area (Å²) >= 11 is 0. The zero-order chi connectivity index (χ0) is 10.1. The Hall–Kier alpha value is -1.35. The van der Waals surface area contributed by atoms with Gasteiger partial charge in [0.15, 0.2) is 0 Å². The van der Waals surface area contributed by atoms with E-state index in [1.165, 1.54) is 21.9 Å². The molecule has 0 amide bonds. The van der Waals surface area contributed by atoms with Crippen LogP contribution in [0.4, 0.5) is 0 Å². The molecule has 0 radical (unpaired) electrons. The van der Waals surface area contributed by atoms with Crippen LogP contribution in [-0.2, 0) is 0 Å². The second-order valence-corrected chi connectivity index (χ2v) is 3.70. The summed E-state index contributed by atoms with van der Waals surface area (Å²) in [7, 11) is 0. The summed E-state index contributed by atoms with van der Waals surface area (Å²) < 4.78 is 0. The van der Waals surface area contributed by atoms with E-state index in [2.05, 4.69) is 66.7 Å². The average Bonchev–Trinajstić information content (AvgIpc) is 2.78. The molecule has 0 aliphatic heterocycles. The third-order valence-corrected chi connectivity index (χ3v) is 2.76. The molecule has 1 heteroatoms. The van der Waals surface area contributed by atoms with E-state index in [1.54, 1.807) is 0 Å². The number of hydrogen-bond acceptors (Lipinski definition) is 0. The Morgan fingerprint density at radius 3 is 2.38 bits per heavy atom. The normalized spacial score (nSPS) is 10.0. The van der Waals surface area contributed by atoms with Gasteiger partial charge < -0.3 is 0 Å². The molecule has 0 saturated heterocycles. The van der Waals surface area contributed by atoms with Crippen molar-refractivity contribution in [2.45, 2.75) is 0 Å². The summed E-state index contributed by atoms with van der Waals surface area (Å²) in [4.78, 5) is 0. The molecule has 3 aromatic carbocycles. The fourth-order valence-electron chi connectivity index (χ4n) is 2.03. The van der Waals surface area contributed by atoms with Crippen molar-refractivity contribution in [3.8, 4) is 11.1 Å². The van der Waals surface area contributed by atoms with Crippen LogP contribution in [0.15, 0.2) is 66.7 Å². The second-order valence-electron chi connectivity index (χ2n) is 3.70. The van der Waals surface area contributed by atoms with Crippen LogP contribution in [0.2, 0.25) is 0 Å². The largest absolute Gasteiger partial charge is 1.00 e. The summed E-state index contributed by atoms with van der Waals surface area (Å²) in [5, 5.41) is 2.65. The van der Waals surface area contributed by atoms with Gasteiger partial charge in [-0.05, 0) is 5.56 Å². The molecule has 16 heavy (non-hydrogen) atoms. The maximum absolute atomic E-state index is 2.18. The first-order valence-electron chi connectivity index (χ1n) is 5.15. The van der Waals surface area contributed by atoms with Crippen molar-refractivity contribution in [2.75, 3.05) is 0 Å². The predicted octanol–water partition coefficient (Wildman–Crippen LogP) is 1.23. The summed E-state index contributed by atoms with van der Waals surface area (Å²) in [6, 6.07) is 23.4. The molecule has 3 rings (SSSR count). The van der Waals surface area contributed by atoms with E-state index in [0.29, 0.717) is 0 Å². The molecule has 0 unspecified atom stereocenters. The fourth-order valence-corrected chi connectivity index (χ4v) is 2.03. The minimum atomic E-state index is 0. The number of rotatable bonds is 1. The number of hydrogen-bond donors (Lipinski definition) is 0. The average molecular weight is 198 g/mol. The van der Waals surface area contributed by atoms with E-state index in [0.717, 1.165) is 0 Å². The Kier molecular flexibility index (Phi) is 3.24. The van der Waals surface area contributed by atoms with E-state index >= 15 is 0 Å². The third-order valence-electron chi connectivity index (χ3n) is 2.76. The molecule has 0 N–H and O–H groups in total. The van der Waals surface area contributed by atoms with E-state index in [4.69, 9.17) is 0 Å². The van der Waals surface area contributed by atoms with Crippen molar-refractivity contribution in [1.29, 1.82) is 0 Å². The molecule has 0 aliphatic carbocycles. The molecule has 0 nitrogen and oxygen atoms in total. The zero-order valence-electron chi connectivity index (χ0n) is 9.35. The van der Waals surface area contributed by atoms with Gasteiger partial charge in [0.05, 0.1) is 0 Å². The number of fused-ring (bicyclic) bond motifs is 1. The van der Waals surface area contributed by atoms with Crippen molar-refractivity contribution >= 4 is 10.8 Å². The Labute approximate surface area is 107 Å². The zero-order valence-corrected chi connectivity index (χ0v) is 9.35. The molecule has 0 spiro atoms. The molecular formula is C15H11Li. The summed E-state index contributed by atoms with van der Waals surface area (Å²) in [6.45, 7) is 0. The van der Waals surface area contributed by atoms with Gasteiger partial charge in [0.25, 0.3) is 0 Å². The quantitative estimate of drug-likeness (QED) is 0.407. The van der Waals surface area contributed by atoms with E-state index in [-0.39, 0.29) is 18.9 Å². The monoisotopic (exact) mass is 198 g/mol. The van der Waals surface area contributed by atoms with Gasteiger partial charge >= 0.3 is 18.9 Å². The summed E-state index contributed by atoms with van der Waals surface area (Å²) in [5.41, 5.74) is 2.60. The Balaban J connectivity index is 0.000000963. The number of benzene rings is 2. The Morgan fingerprint density at radius 2 is 1.56 bits per heavy atom. The molecule has 0 aromatic heterocycles. The molecule has 72 valence electrons. The Morgan fingerprint density at radius 1 is 0.750 bits per heavy atom. The van der Waals surface area contributed by atoms with Crippen LogP contribution < -0.4 is 18.9 Å². The van der Waals surface area contributed by atoms with E-state index in [1.807, 2.05) is 0 Å². The van der Waals surface area contributed by atoms with Crippen LogP contribution in [0.25, 0.3) is 21.9 Å². The van der Waals surface area contributed by atoms with Crippen LogP contribution in [0.1, 0.15) is 0 Å². The molecule has 0 bridgehead atoms. The van der Waals surface area contributed by atoms with Gasteiger partial charge in [0, 0.05) is 0 Å². The minimum Gasteiger partial charge on any atom is -0.168 e. The van der Waals surface area contributed by atoms with Gasteiger partial charge in [-0.15, -0.1) is 29.0 Å². The fraction of sp³-hybridized carbons (Fsp3) is 0. The third kappa shape index (κ3) is 1.83. The van der Waals surface area contributed by atoms with Crippen molar-refractivity contribution in [3.05, 3.63) is 66.7 Å². The maximum Gasteiger partial charge on any atom is 1.00 e. The smallest absolute Gasteiger partial charge is 0.168 e. The molecule has 0 fully saturated rings. The van der Waals surface area contributed by atoms with Gasteiger partial charge in [0.2, 0.25) is 0 Å². The summed E-state index contributed by atoms with van der Waals surface area (Å²) in [5.74, 6) is 0. The SMILES string of the molecule is [Li+].c1ccc(-c2cccc3[cH-]ccc23)cc1. The van der Waals surface area contributed by atoms with Crippen LogP contribution in [0, 0.1) is 0 Å². The molecule has 0 aliphatic rings. The van der Waals surface area contributed by atoms with Gasteiger partial charge in [-0.2, -0.15) is 12.1 Å². The van der Waals surface area contributed by atoms with Crippen molar-refractivity contribution in [2.24, 2.45) is 0 Å². The van der Waals surface area contributed by atoms with Gasteiger partial charge in [0.1, 0.15) is 0 Å². The van der Waals surface area contributed by atoms with Gasteiger partial charge in [-0.1, -0.05) is 42.0 Å². The standard InChI is InChI=1S/C15H11.Li/c1-2-6-12(7-3-1)14-10-4-8-13-9-5-11-15(13)14;/h1-11H;/q-1;+1. The first kappa shape index (κ1) is 11.1. The van der Waals surface area contributed by atoms with E-state index < -0.39 is 0 Å². The Bertz CT molecular complexity index is 578.